The second kappa shape index (κ2) is 8.76. The molecule has 1 spiro atoms. The van der Waals surface area contributed by atoms with Gasteiger partial charge in [-0.2, -0.15) is 5.10 Å². The molecule has 0 saturated carbocycles. The van der Waals surface area contributed by atoms with E-state index in [-0.39, 0.29) is 12.5 Å². The summed E-state index contributed by atoms with van der Waals surface area (Å²) in [5.41, 5.74) is 2.15. The van der Waals surface area contributed by atoms with Crippen molar-refractivity contribution in [3.8, 4) is 16.9 Å². The normalized spacial score (nSPS) is 18.8. The predicted octanol–water partition coefficient (Wildman–Crippen LogP) is 4.32. The molecule has 6 rings (SSSR count). The highest BCUT2D eigenvalue weighted by Gasteiger charge is 2.54. The number of thiophene rings is 1. The van der Waals surface area contributed by atoms with Crippen LogP contribution in [0.25, 0.3) is 16.9 Å². The quantitative estimate of drug-likeness (QED) is 0.401. The van der Waals surface area contributed by atoms with Crippen molar-refractivity contribution in [1.82, 2.24) is 20.0 Å². The van der Waals surface area contributed by atoms with Gasteiger partial charge in [-0.15, -0.1) is 11.3 Å². The van der Waals surface area contributed by atoms with E-state index < -0.39 is 17.5 Å². The lowest BCUT2D eigenvalue weighted by molar-refractivity contribution is -0.134. The molecule has 1 aliphatic carbocycles. The molecule has 2 aliphatic rings. The number of nitrogens with zero attached hydrogens (tertiary/aromatic N) is 3. The van der Waals surface area contributed by atoms with Crippen LogP contribution >= 0.6 is 11.3 Å². The molecule has 36 heavy (non-hydrogen) atoms. The molecule has 2 N–H and O–H groups in total. The largest absolute Gasteiger partial charge is 0.325 e. The molecule has 1 saturated heterocycles. The zero-order valence-corrected chi connectivity index (χ0v) is 20.1. The third-order valence-corrected chi connectivity index (χ3v) is 7.67. The number of para-hydroxylation sites is 1. The van der Waals surface area contributed by atoms with E-state index in [4.69, 9.17) is 5.10 Å². The Kier molecular flexibility index (Phi) is 5.41. The minimum absolute atomic E-state index is 0.372. The van der Waals surface area contributed by atoms with Gasteiger partial charge in [0.25, 0.3) is 5.91 Å². The van der Waals surface area contributed by atoms with Crippen LogP contribution in [-0.4, -0.2) is 39.1 Å². The van der Waals surface area contributed by atoms with E-state index in [2.05, 4.69) is 10.6 Å². The average Bonchev–Trinajstić information content (AvgIpc) is 3.60. The molecule has 9 heteroatoms. The second-order valence-corrected chi connectivity index (χ2v) is 9.91. The molecular formula is C27H23N5O3S. The topological polar surface area (TPSA) is 96.3 Å². The third-order valence-electron chi connectivity index (χ3n) is 6.69. The minimum Gasteiger partial charge on any atom is -0.319 e. The van der Waals surface area contributed by atoms with Crippen molar-refractivity contribution < 1.29 is 14.4 Å². The first-order valence-electron chi connectivity index (χ1n) is 11.8. The molecule has 4 amide bonds. The summed E-state index contributed by atoms with van der Waals surface area (Å²) in [5, 5.41) is 12.4. The second-order valence-electron chi connectivity index (χ2n) is 8.91. The zero-order chi connectivity index (χ0) is 24.7. The number of hydrogen-bond donors (Lipinski definition) is 2. The van der Waals surface area contributed by atoms with Gasteiger partial charge in [0.2, 0.25) is 5.91 Å². The van der Waals surface area contributed by atoms with E-state index >= 15 is 0 Å². The van der Waals surface area contributed by atoms with Gasteiger partial charge >= 0.3 is 6.03 Å². The summed E-state index contributed by atoms with van der Waals surface area (Å²) < 4.78 is 1.65. The fourth-order valence-corrected chi connectivity index (χ4v) is 6.00. The highest BCUT2D eigenvalue weighted by molar-refractivity contribution is 7.10. The van der Waals surface area contributed by atoms with E-state index in [1.807, 2.05) is 72.1 Å². The maximum Gasteiger partial charge on any atom is 0.325 e. The number of urea groups is 1. The van der Waals surface area contributed by atoms with Gasteiger partial charge in [0.05, 0.1) is 11.4 Å². The number of carbonyl (C=O) groups is 3. The lowest BCUT2D eigenvalue weighted by Gasteiger charge is -2.31. The van der Waals surface area contributed by atoms with Crippen LogP contribution in [0.2, 0.25) is 0 Å². The van der Waals surface area contributed by atoms with Crippen LogP contribution in [0.3, 0.4) is 0 Å². The Labute approximate surface area is 211 Å². The SMILES string of the molecule is O=C(CN1C(=O)NC2(CCCc3sccc32)C1=O)Nc1cc(-c2ccccc2)nn1-c1ccccc1. The van der Waals surface area contributed by atoms with Crippen LogP contribution < -0.4 is 10.6 Å². The fourth-order valence-electron chi connectivity index (χ4n) is 5.00. The molecule has 2 aromatic carbocycles. The maximum atomic E-state index is 13.5. The van der Waals surface area contributed by atoms with Crippen LogP contribution in [0.4, 0.5) is 10.6 Å². The van der Waals surface area contributed by atoms with Crippen LogP contribution in [0.1, 0.15) is 23.3 Å². The number of nitrogens with one attached hydrogen (secondary N) is 2. The Morgan fingerprint density at radius 3 is 2.58 bits per heavy atom. The highest BCUT2D eigenvalue weighted by atomic mass is 32.1. The summed E-state index contributed by atoms with van der Waals surface area (Å²) >= 11 is 1.60. The minimum atomic E-state index is -1.07. The van der Waals surface area contributed by atoms with Crippen LogP contribution in [-0.2, 0) is 21.5 Å². The van der Waals surface area contributed by atoms with Gasteiger partial charge in [-0.05, 0) is 42.8 Å². The number of hydrogen-bond acceptors (Lipinski definition) is 5. The van der Waals surface area contributed by atoms with E-state index in [0.717, 1.165) is 39.4 Å². The molecule has 0 radical (unpaired) electrons. The standard InChI is InChI=1S/C27H23N5O3S/c33-24(17-31-25(34)27(29-26(31)35)14-7-12-22-20(27)13-15-36-22)28-23-16-21(18-8-3-1-4-9-18)30-32(23)19-10-5-2-6-11-19/h1-6,8-11,13,15-16H,7,12,14,17H2,(H,28,33)(H,29,35). The molecule has 1 unspecified atom stereocenters. The van der Waals surface area contributed by atoms with Gasteiger partial charge in [0.15, 0.2) is 0 Å². The summed E-state index contributed by atoms with van der Waals surface area (Å²) in [7, 11) is 0. The van der Waals surface area contributed by atoms with Gasteiger partial charge < -0.3 is 10.6 Å². The molecule has 8 nitrogen and oxygen atoms in total. The van der Waals surface area contributed by atoms with Gasteiger partial charge in [0.1, 0.15) is 17.9 Å². The lowest BCUT2D eigenvalue weighted by Crippen LogP contribution is -2.46. The Morgan fingerprint density at radius 1 is 1.06 bits per heavy atom. The molecule has 1 atom stereocenters. The molecule has 180 valence electrons. The monoisotopic (exact) mass is 497 g/mol. The molecule has 1 fully saturated rings. The molecule has 0 bridgehead atoms. The number of aromatic nitrogens is 2. The van der Waals surface area contributed by atoms with Gasteiger partial charge in [-0.1, -0.05) is 48.5 Å². The molecular weight excluding hydrogens is 474 g/mol. The van der Waals surface area contributed by atoms with Crippen molar-refractivity contribution in [2.24, 2.45) is 0 Å². The van der Waals surface area contributed by atoms with Gasteiger partial charge in [-0.3, -0.25) is 14.5 Å². The number of aryl methyl sites for hydroxylation is 1. The summed E-state index contributed by atoms with van der Waals surface area (Å²) in [6, 6.07) is 22.3. The maximum absolute atomic E-state index is 13.5. The number of fused-ring (bicyclic) bond motifs is 2. The number of amides is 4. The smallest absolute Gasteiger partial charge is 0.319 e. The average molecular weight is 498 g/mol. The fraction of sp³-hybridized carbons (Fsp3) is 0.185. The van der Waals surface area contributed by atoms with Gasteiger partial charge in [-0.25, -0.2) is 9.48 Å². The van der Waals surface area contributed by atoms with Crippen molar-refractivity contribution in [3.63, 3.8) is 0 Å². The molecule has 3 heterocycles. The van der Waals surface area contributed by atoms with Crippen molar-refractivity contribution in [2.45, 2.75) is 24.8 Å². The van der Waals surface area contributed by atoms with E-state index in [9.17, 15) is 14.4 Å². The van der Waals surface area contributed by atoms with Crippen LogP contribution in [0.5, 0.6) is 0 Å². The summed E-state index contributed by atoms with van der Waals surface area (Å²) in [6.07, 6.45) is 2.23. The number of anilines is 1. The van der Waals surface area contributed by atoms with E-state index in [1.54, 1.807) is 22.1 Å². The Bertz CT molecular complexity index is 1460. The summed E-state index contributed by atoms with van der Waals surface area (Å²) in [4.78, 5) is 41.6. The summed E-state index contributed by atoms with van der Waals surface area (Å²) in [6.45, 7) is -0.382. The predicted molar refractivity (Wildman–Crippen MR) is 137 cm³/mol. The van der Waals surface area contributed by atoms with Crippen molar-refractivity contribution in [2.75, 3.05) is 11.9 Å². The first-order chi connectivity index (χ1) is 17.5. The first-order valence-corrected chi connectivity index (χ1v) is 12.6. The summed E-state index contributed by atoms with van der Waals surface area (Å²) in [5.74, 6) is -0.401. The third kappa shape index (κ3) is 3.68. The van der Waals surface area contributed by atoms with Gasteiger partial charge in [0, 0.05) is 22.1 Å². The number of benzene rings is 2. The molecule has 4 aromatic rings. The number of imide groups is 1. The van der Waals surface area contributed by atoms with Crippen molar-refractivity contribution >= 4 is 35.0 Å². The zero-order valence-electron chi connectivity index (χ0n) is 19.3. The molecule has 2 aromatic heterocycles. The highest BCUT2D eigenvalue weighted by Crippen LogP contribution is 2.42. The van der Waals surface area contributed by atoms with Crippen LogP contribution in [0.15, 0.2) is 78.2 Å². The van der Waals surface area contributed by atoms with Crippen molar-refractivity contribution in [3.05, 3.63) is 88.6 Å². The van der Waals surface area contributed by atoms with E-state index in [0.29, 0.717) is 17.9 Å². The number of rotatable bonds is 5. The van der Waals surface area contributed by atoms with E-state index in [1.165, 1.54) is 0 Å². The Hall–Kier alpha value is -4.24. The first kappa shape index (κ1) is 22.2. The molecule has 1 aliphatic heterocycles. The Morgan fingerprint density at radius 2 is 1.81 bits per heavy atom. The van der Waals surface area contributed by atoms with Crippen molar-refractivity contribution in [1.29, 1.82) is 0 Å². The lowest BCUT2D eigenvalue weighted by atomic mass is 9.80. The number of carbonyl (C=O) groups excluding carboxylic acids is 3. The van der Waals surface area contributed by atoms with Crippen LogP contribution in [0, 0.1) is 0 Å². The Balaban J connectivity index is 1.26.